The van der Waals surface area contributed by atoms with Crippen molar-refractivity contribution in [3.63, 3.8) is 0 Å². The Kier molecular flexibility index (Phi) is 4.49. The number of rotatable bonds is 4. The van der Waals surface area contributed by atoms with E-state index < -0.39 is 5.92 Å². The van der Waals surface area contributed by atoms with Gasteiger partial charge >= 0.3 is 0 Å². The molecule has 0 atom stereocenters. The van der Waals surface area contributed by atoms with Crippen molar-refractivity contribution < 1.29 is 18.1 Å². The van der Waals surface area contributed by atoms with Gasteiger partial charge in [-0.15, -0.1) is 11.3 Å². The molecule has 0 radical (unpaired) electrons. The number of carbonyl (C=O) groups is 1. The smallest absolute Gasteiger partial charge is 0.261 e. The van der Waals surface area contributed by atoms with E-state index in [4.69, 9.17) is 4.52 Å². The molecule has 0 bridgehead atoms. The van der Waals surface area contributed by atoms with Crippen LogP contribution in [-0.4, -0.2) is 22.0 Å². The highest BCUT2D eigenvalue weighted by Crippen LogP contribution is 2.48. The van der Waals surface area contributed by atoms with E-state index in [2.05, 4.69) is 15.5 Å². The van der Waals surface area contributed by atoms with Gasteiger partial charge in [-0.25, -0.2) is 8.78 Å². The molecule has 2 aromatic heterocycles. The average molecular weight is 407 g/mol. The molecule has 8 heteroatoms. The van der Waals surface area contributed by atoms with Crippen molar-refractivity contribution in [1.82, 2.24) is 10.1 Å². The number of thiophene rings is 1. The van der Waals surface area contributed by atoms with Crippen molar-refractivity contribution in [2.75, 3.05) is 5.32 Å². The molecule has 1 N–H and O–H groups in total. The molecule has 5 nitrogen and oxygen atoms in total. The molecular weight excluding hydrogens is 384 g/mol. The van der Waals surface area contributed by atoms with Crippen LogP contribution < -0.4 is 5.32 Å². The lowest BCUT2D eigenvalue weighted by atomic mass is 9.88. The summed E-state index contributed by atoms with van der Waals surface area (Å²) in [6.45, 7) is 0. The number of hydrogen-bond donors (Lipinski definition) is 1. The molecule has 0 unspecified atom stereocenters. The van der Waals surface area contributed by atoms with E-state index in [-0.39, 0.29) is 31.1 Å². The van der Waals surface area contributed by atoms with Gasteiger partial charge in [0.1, 0.15) is 5.00 Å². The molecule has 3 aliphatic carbocycles. The van der Waals surface area contributed by atoms with Crippen LogP contribution in [-0.2, 0) is 17.6 Å². The van der Waals surface area contributed by atoms with E-state index >= 15 is 0 Å². The molecule has 0 aliphatic heterocycles. The first-order valence-corrected chi connectivity index (χ1v) is 11.0. The first kappa shape index (κ1) is 18.2. The van der Waals surface area contributed by atoms with Crippen LogP contribution in [0.15, 0.2) is 4.52 Å². The van der Waals surface area contributed by atoms with Crippen LogP contribution >= 0.6 is 11.3 Å². The Labute approximate surface area is 165 Å². The molecule has 0 saturated heterocycles. The number of amides is 1. The van der Waals surface area contributed by atoms with Gasteiger partial charge in [-0.1, -0.05) is 24.4 Å². The van der Waals surface area contributed by atoms with Gasteiger partial charge in [0.05, 0.1) is 5.56 Å². The van der Waals surface area contributed by atoms with E-state index in [1.54, 1.807) is 0 Å². The maximum atomic E-state index is 14.0. The van der Waals surface area contributed by atoms with Crippen LogP contribution in [0.25, 0.3) is 11.5 Å². The molecule has 2 fully saturated rings. The van der Waals surface area contributed by atoms with E-state index in [1.807, 2.05) is 0 Å². The monoisotopic (exact) mass is 407 g/mol. The summed E-state index contributed by atoms with van der Waals surface area (Å²) in [5.41, 5.74) is 1.50. The summed E-state index contributed by atoms with van der Waals surface area (Å²) >= 11 is 1.24. The second-order valence-electron chi connectivity index (χ2n) is 8.30. The Morgan fingerprint density at radius 1 is 1.18 bits per heavy atom. The zero-order valence-electron chi connectivity index (χ0n) is 15.6. The molecule has 28 heavy (non-hydrogen) atoms. The van der Waals surface area contributed by atoms with Crippen molar-refractivity contribution >= 4 is 22.2 Å². The van der Waals surface area contributed by atoms with Gasteiger partial charge in [-0.3, -0.25) is 4.79 Å². The van der Waals surface area contributed by atoms with Crippen molar-refractivity contribution in [3.8, 4) is 11.5 Å². The molecule has 2 heterocycles. The van der Waals surface area contributed by atoms with Crippen LogP contribution in [0, 0.1) is 5.92 Å². The molecule has 5 rings (SSSR count). The highest BCUT2D eigenvalue weighted by Gasteiger charge is 2.39. The molecule has 3 aliphatic rings. The number of nitrogens with zero attached hydrogens (tertiary/aromatic N) is 2. The predicted molar refractivity (Wildman–Crippen MR) is 102 cm³/mol. The minimum Gasteiger partial charge on any atom is -0.334 e. The maximum Gasteiger partial charge on any atom is 0.261 e. The zero-order chi connectivity index (χ0) is 19.3. The number of fused-ring (bicyclic) bond motifs is 1. The molecular formula is C20H23F2N3O2S. The van der Waals surface area contributed by atoms with Crippen molar-refractivity contribution in [3.05, 3.63) is 16.3 Å². The average Bonchev–Trinajstić information content (AvgIpc) is 3.31. The van der Waals surface area contributed by atoms with Gasteiger partial charge in [0.15, 0.2) is 5.82 Å². The highest BCUT2D eigenvalue weighted by atomic mass is 32.1. The number of hydrogen-bond acceptors (Lipinski definition) is 5. The largest absolute Gasteiger partial charge is 0.334 e. The third-order valence-corrected chi connectivity index (χ3v) is 7.21. The number of carbonyl (C=O) groups excluding carboxylic acids is 1. The summed E-state index contributed by atoms with van der Waals surface area (Å²) in [6.07, 6.45) is 6.95. The van der Waals surface area contributed by atoms with Gasteiger partial charge in [-0.2, -0.15) is 4.98 Å². The highest BCUT2D eigenvalue weighted by molar-refractivity contribution is 7.17. The summed E-state index contributed by atoms with van der Waals surface area (Å²) in [5.74, 6) is -1.35. The summed E-state index contributed by atoms with van der Waals surface area (Å²) in [6, 6.07) is 0. The van der Waals surface area contributed by atoms with Crippen LogP contribution in [0.3, 0.4) is 0 Å². The van der Waals surface area contributed by atoms with Crippen LogP contribution in [0.5, 0.6) is 0 Å². The standard InChI is InChI=1S/C20H23F2N3O2S/c21-20(22)9-8-13-14(10-20)28-19(24-17(26)12-4-2-1-3-5-12)15(13)18-23-16(25-27-18)11-6-7-11/h11-12H,1-10H2,(H,24,26). The SMILES string of the molecule is O=C(Nc1sc2c(c1-c1nc(C3CC3)no1)CCC(F)(F)C2)C1CCCCC1. The minimum atomic E-state index is -2.70. The normalized spacial score (nSPS) is 22.1. The van der Waals surface area contributed by atoms with Gasteiger partial charge in [0.25, 0.3) is 11.8 Å². The van der Waals surface area contributed by atoms with Gasteiger partial charge in [-0.05, 0) is 37.7 Å². The van der Waals surface area contributed by atoms with Crippen LogP contribution in [0.1, 0.15) is 73.5 Å². The topological polar surface area (TPSA) is 68.0 Å². The Hall–Kier alpha value is -1.83. The number of halogens is 2. The second kappa shape index (κ2) is 6.90. The fraction of sp³-hybridized carbons (Fsp3) is 0.650. The summed E-state index contributed by atoms with van der Waals surface area (Å²) in [7, 11) is 0. The Balaban J connectivity index is 1.49. The Bertz CT molecular complexity index is 897. The number of nitrogens with one attached hydrogen (secondary N) is 1. The molecule has 2 saturated carbocycles. The predicted octanol–water partition coefficient (Wildman–Crippen LogP) is 5.32. The fourth-order valence-corrected chi connectivity index (χ4v) is 5.61. The first-order valence-electron chi connectivity index (χ1n) is 10.2. The van der Waals surface area contributed by atoms with E-state index in [0.717, 1.165) is 44.1 Å². The third kappa shape index (κ3) is 3.47. The lowest BCUT2D eigenvalue weighted by Crippen LogP contribution is -2.25. The first-order chi connectivity index (χ1) is 13.5. The molecule has 0 spiro atoms. The van der Waals surface area contributed by atoms with Gasteiger partial charge < -0.3 is 9.84 Å². The summed E-state index contributed by atoms with van der Waals surface area (Å²) < 4.78 is 33.4. The summed E-state index contributed by atoms with van der Waals surface area (Å²) in [4.78, 5) is 17.9. The van der Waals surface area contributed by atoms with E-state index in [1.165, 1.54) is 17.8 Å². The number of anilines is 1. The quantitative estimate of drug-likeness (QED) is 0.745. The lowest BCUT2D eigenvalue weighted by molar-refractivity contribution is -0.120. The zero-order valence-corrected chi connectivity index (χ0v) is 16.4. The van der Waals surface area contributed by atoms with Crippen molar-refractivity contribution in [2.45, 2.75) is 76.0 Å². The van der Waals surface area contributed by atoms with Gasteiger partial charge in [0.2, 0.25) is 5.91 Å². The van der Waals surface area contributed by atoms with Crippen molar-refractivity contribution in [2.24, 2.45) is 5.92 Å². The fourth-order valence-electron chi connectivity index (χ4n) is 4.29. The van der Waals surface area contributed by atoms with Crippen LogP contribution in [0.2, 0.25) is 0 Å². The van der Waals surface area contributed by atoms with Gasteiger partial charge in [0, 0.05) is 29.6 Å². The van der Waals surface area contributed by atoms with Crippen molar-refractivity contribution in [1.29, 1.82) is 0 Å². The van der Waals surface area contributed by atoms with E-state index in [9.17, 15) is 13.6 Å². The van der Waals surface area contributed by atoms with Crippen LogP contribution in [0.4, 0.5) is 13.8 Å². The maximum absolute atomic E-state index is 14.0. The molecule has 1 amide bonds. The van der Waals surface area contributed by atoms with E-state index in [0.29, 0.717) is 33.1 Å². The number of alkyl halides is 2. The molecule has 150 valence electrons. The Morgan fingerprint density at radius 2 is 1.96 bits per heavy atom. The number of aromatic nitrogens is 2. The second-order valence-corrected chi connectivity index (χ2v) is 9.40. The lowest BCUT2D eigenvalue weighted by Gasteiger charge is -2.21. The summed E-state index contributed by atoms with van der Waals surface area (Å²) in [5, 5.41) is 7.69. The Morgan fingerprint density at radius 3 is 2.71 bits per heavy atom. The minimum absolute atomic E-state index is 0.00752. The third-order valence-electron chi connectivity index (χ3n) is 6.06. The molecule has 2 aromatic rings. The molecule has 0 aromatic carbocycles.